The molecule has 1 aliphatic heterocycles. The first kappa shape index (κ1) is 15.6. The number of amides is 1. The molecule has 0 aromatic carbocycles. The molecule has 1 aliphatic rings. The van der Waals surface area contributed by atoms with Crippen molar-refractivity contribution in [2.45, 2.75) is 19.8 Å². The molecule has 9 heteroatoms. The molecule has 0 atom stereocenters. The third kappa shape index (κ3) is 3.92. The Morgan fingerprint density at radius 2 is 2.26 bits per heavy atom. The van der Waals surface area contributed by atoms with Crippen molar-refractivity contribution in [3.63, 3.8) is 0 Å². The Balaban J connectivity index is 1.55. The van der Waals surface area contributed by atoms with Gasteiger partial charge in [-0.15, -0.1) is 10.2 Å². The number of carbonyl (C=O) groups excluding carboxylic acids is 1. The van der Waals surface area contributed by atoms with Gasteiger partial charge in [0.1, 0.15) is 17.7 Å². The molecule has 1 amide bonds. The smallest absolute Gasteiger partial charge is 0.229 e. The number of anilines is 2. The number of nitrogens with zero attached hydrogens (tertiary/aromatic N) is 5. The van der Waals surface area contributed by atoms with E-state index in [0.717, 1.165) is 31.7 Å². The summed E-state index contributed by atoms with van der Waals surface area (Å²) in [5.74, 6) is 1.42. The minimum absolute atomic E-state index is 0.0108. The normalized spacial score (nSPS) is 15.4. The summed E-state index contributed by atoms with van der Waals surface area (Å²) in [4.78, 5) is 22.7. The molecule has 8 nitrogen and oxygen atoms in total. The average molecular weight is 334 g/mol. The van der Waals surface area contributed by atoms with Gasteiger partial charge in [0.05, 0.1) is 6.61 Å². The summed E-state index contributed by atoms with van der Waals surface area (Å²) < 4.78 is 5.40. The molecule has 2 aromatic heterocycles. The number of rotatable bonds is 5. The Hall–Kier alpha value is -2.29. The SMILES string of the molecule is CCOc1cc(N2CCC(C(=O)Nc3nncs3)CC2)ncn1. The summed E-state index contributed by atoms with van der Waals surface area (Å²) in [5.41, 5.74) is 1.60. The van der Waals surface area contributed by atoms with Gasteiger partial charge in [-0.3, -0.25) is 4.79 Å². The van der Waals surface area contributed by atoms with E-state index >= 15 is 0 Å². The number of piperidine rings is 1. The summed E-state index contributed by atoms with van der Waals surface area (Å²) in [7, 11) is 0. The minimum atomic E-state index is -0.0108. The maximum Gasteiger partial charge on any atom is 0.229 e. The van der Waals surface area contributed by atoms with Crippen molar-refractivity contribution < 1.29 is 9.53 Å². The topological polar surface area (TPSA) is 93.1 Å². The number of hydrogen-bond acceptors (Lipinski definition) is 8. The second-order valence-electron chi connectivity index (χ2n) is 5.14. The maximum atomic E-state index is 12.2. The van der Waals surface area contributed by atoms with Crippen LogP contribution in [0, 0.1) is 5.92 Å². The van der Waals surface area contributed by atoms with Crippen LogP contribution < -0.4 is 15.0 Å². The van der Waals surface area contributed by atoms with Gasteiger partial charge in [-0.1, -0.05) is 11.3 Å². The molecule has 0 aliphatic carbocycles. The molecule has 1 saturated heterocycles. The number of ether oxygens (including phenoxy) is 1. The number of carbonyl (C=O) groups is 1. The molecule has 122 valence electrons. The van der Waals surface area contributed by atoms with E-state index in [9.17, 15) is 4.79 Å². The van der Waals surface area contributed by atoms with E-state index in [1.54, 1.807) is 5.51 Å². The number of aromatic nitrogens is 4. The molecule has 1 N–H and O–H groups in total. The van der Waals surface area contributed by atoms with Crippen LogP contribution in [-0.4, -0.2) is 45.8 Å². The molecule has 0 spiro atoms. The Morgan fingerprint density at radius 3 is 2.96 bits per heavy atom. The van der Waals surface area contributed by atoms with Gasteiger partial charge in [-0.05, 0) is 19.8 Å². The highest BCUT2D eigenvalue weighted by Gasteiger charge is 2.26. The molecule has 0 bridgehead atoms. The predicted octanol–water partition coefficient (Wildman–Crippen LogP) is 1.58. The monoisotopic (exact) mass is 334 g/mol. The van der Waals surface area contributed by atoms with Crippen LogP contribution in [0.15, 0.2) is 17.9 Å². The van der Waals surface area contributed by atoms with Crippen LogP contribution in [0.1, 0.15) is 19.8 Å². The Kier molecular flexibility index (Phi) is 4.96. The van der Waals surface area contributed by atoms with Gasteiger partial charge in [0, 0.05) is 25.1 Å². The summed E-state index contributed by atoms with van der Waals surface area (Å²) in [6.07, 6.45) is 3.06. The lowest BCUT2D eigenvalue weighted by Crippen LogP contribution is -2.38. The molecule has 0 saturated carbocycles. The quantitative estimate of drug-likeness (QED) is 0.887. The van der Waals surface area contributed by atoms with E-state index in [2.05, 4.69) is 30.4 Å². The predicted molar refractivity (Wildman–Crippen MR) is 86.7 cm³/mol. The zero-order valence-electron chi connectivity index (χ0n) is 12.8. The average Bonchev–Trinajstić information content (AvgIpc) is 3.08. The van der Waals surface area contributed by atoms with Crippen LogP contribution >= 0.6 is 11.3 Å². The van der Waals surface area contributed by atoms with Crippen molar-refractivity contribution in [3.8, 4) is 5.88 Å². The summed E-state index contributed by atoms with van der Waals surface area (Å²) in [5, 5.41) is 10.9. The lowest BCUT2D eigenvalue weighted by Gasteiger charge is -2.31. The van der Waals surface area contributed by atoms with Crippen LogP contribution in [-0.2, 0) is 4.79 Å². The lowest BCUT2D eigenvalue weighted by molar-refractivity contribution is -0.120. The second kappa shape index (κ2) is 7.32. The van der Waals surface area contributed by atoms with Crippen molar-refractivity contribution in [2.24, 2.45) is 5.92 Å². The Morgan fingerprint density at radius 1 is 1.43 bits per heavy atom. The van der Waals surface area contributed by atoms with Gasteiger partial charge >= 0.3 is 0 Å². The standard InChI is InChI=1S/C14H18N6O2S/c1-2-22-12-7-11(15-8-16-12)20-5-3-10(4-6-20)13(21)18-14-19-17-9-23-14/h7-10H,2-6H2,1H3,(H,18,19,21). The van der Waals surface area contributed by atoms with Crippen molar-refractivity contribution in [1.29, 1.82) is 0 Å². The third-order valence-corrected chi connectivity index (χ3v) is 4.31. The Bertz CT molecular complexity index is 642. The zero-order chi connectivity index (χ0) is 16.1. The first-order chi connectivity index (χ1) is 11.3. The molecule has 1 fully saturated rings. The van der Waals surface area contributed by atoms with E-state index in [4.69, 9.17) is 4.74 Å². The largest absolute Gasteiger partial charge is 0.478 e. The van der Waals surface area contributed by atoms with E-state index in [1.807, 2.05) is 13.0 Å². The van der Waals surface area contributed by atoms with E-state index < -0.39 is 0 Å². The summed E-state index contributed by atoms with van der Waals surface area (Å²) >= 11 is 1.32. The van der Waals surface area contributed by atoms with Crippen LogP contribution in [0.5, 0.6) is 5.88 Å². The van der Waals surface area contributed by atoms with Crippen molar-refractivity contribution in [2.75, 3.05) is 29.9 Å². The molecule has 3 rings (SSSR count). The fourth-order valence-corrected chi connectivity index (χ4v) is 2.98. The van der Waals surface area contributed by atoms with Gasteiger partial charge in [-0.25, -0.2) is 9.97 Å². The number of nitrogens with one attached hydrogen (secondary N) is 1. The van der Waals surface area contributed by atoms with Crippen molar-refractivity contribution in [1.82, 2.24) is 20.2 Å². The second-order valence-corrected chi connectivity index (χ2v) is 5.98. The van der Waals surface area contributed by atoms with Gasteiger partial charge in [0.2, 0.25) is 16.9 Å². The highest BCUT2D eigenvalue weighted by Crippen LogP contribution is 2.24. The molecular weight excluding hydrogens is 316 g/mol. The minimum Gasteiger partial charge on any atom is -0.478 e. The molecule has 3 heterocycles. The zero-order valence-corrected chi connectivity index (χ0v) is 13.6. The summed E-state index contributed by atoms with van der Waals surface area (Å²) in [6, 6.07) is 1.84. The Labute approximate surface area is 137 Å². The molecule has 0 radical (unpaired) electrons. The van der Waals surface area contributed by atoms with Gasteiger partial charge in [-0.2, -0.15) is 0 Å². The lowest BCUT2D eigenvalue weighted by atomic mass is 9.96. The fourth-order valence-electron chi connectivity index (χ4n) is 2.54. The third-order valence-electron chi connectivity index (χ3n) is 3.70. The van der Waals surface area contributed by atoms with E-state index in [-0.39, 0.29) is 11.8 Å². The molecule has 2 aromatic rings. The molecule has 23 heavy (non-hydrogen) atoms. The van der Waals surface area contributed by atoms with Crippen molar-refractivity contribution in [3.05, 3.63) is 17.9 Å². The van der Waals surface area contributed by atoms with Crippen LogP contribution in [0.25, 0.3) is 0 Å². The van der Waals surface area contributed by atoms with E-state index in [1.165, 1.54) is 17.7 Å². The first-order valence-corrected chi connectivity index (χ1v) is 8.41. The maximum absolute atomic E-state index is 12.2. The molecule has 0 unspecified atom stereocenters. The summed E-state index contributed by atoms with van der Waals surface area (Å²) in [6.45, 7) is 4.04. The van der Waals surface area contributed by atoms with Crippen LogP contribution in [0.2, 0.25) is 0 Å². The van der Waals surface area contributed by atoms with Crippen LogP contribution in [0.4, 0.5) is 10.9 Å². The molecular formula is C14H18N6O2S. The van der Waals surface area contributed by atoms with Gasteiger partial charge < -0.3 is 15.0 Å². The van der Waals surface area contributed by atoms with E-state index in [0.29, 0.717) is 17.6 Å². The van der Waals surface area contributed by atoms with Gasteiger partial charge in [0.15, 0.2) is 0 Å². The van der Waals surface area contributed by atoms with Crippen LogP contribution in [0.3, 0.4) is 0 Å². The first-order valence-electron chi connectivity index (χ1n) is 7.53. The number of hydrogen-bond donors (Lipinski definition) is 1. The van der Waals surface area contributed by atoms with Crippen molar-refractivity contribution >= 4 is 28.2 Å². The highest BCUT2D eigenvalue weighted by atomic mass is 32.1. The highest BCUT2D eigenvalue weighted by molar-refractivity contribution is 7.13. The fraction of sp³-hybridized carbons (Fsp3) is 0.500. The van der Waals surface area contributed by atoms with Gasteiger partial charge in [0.25, 0.3) is 0 Å².